The lowest BCUT2D eigenvalue weighted by Crippen LogP contribution is -2.34. The van der Waals surface area contributed by atoms with Crippen LogP contribution in [0, 0.1) is 13.8 Å². The summed E-state index contributed by atoms with van der Waals surface area (Å²) < 4.78 is 2.11. The Morgan fingerprint density at radius 2 is 1.91 bits per heavy atom. The van der Waals surface area contributed by atoms with E-state index in [2.05, 4.69) is 29.5 Å². The first-order valence-electron chi connectivity index (χ1n) is 8.07. The largest absolute Gasteiger partial charge is 0.355 e. The molecule has 1 saturated heterocycles. The summed E-state index contributed by atoms with van der Waals surface area (Å²) in [7, 11) is 0. The third-order valence-electron chi connectivity index (χ3n) is 4.55. The average Bonchev–Trinajstić information content (AvgIpc) is 3.01. The number of hydrogen-bond acceptors (Lipinski definition) is 5. The normalized spacial score (nSPS) is 16.2. The summed E-state index contributed by atoms with van der Waals surface area (Å²) in [6.07, 6.45) is 6.00. The fourth-order valence-electron chi connectivity index (χ4n) is 3.31. The topological polar surface area (TPSA) is 59.2 Å². The van der Waals surface area contributed by atoms with Crippen molar-refractivity contribution in [3.05, 3.63) is 47.8 Å². The number of hydrogen-bond donors (Lipinski definition) is 0. The zero-order valence-corrected chi connectivity index (χ0v) is 13.5. The number of anilines is 1. The fourth-order valence-corrected chi connectivity index (χ4v) is 3.31. The van der Waals surface area contributed by atoms with Crippen LogP contribution in [0.1, 0.15) is 36.0 Å². The molecule has 1 fully saturated rings. The van der Waals surface area contributed by atoms with Crippen LogP contribution in [-0.4, -0.2) is 37.7 Å². The smallest absolute Gasteiger partial charge is 0.160 e. The van der Waals surface area contributed by atoms with Gasteiger partial charge in [-0.15, -0.1) is 10.2 Å². The summed E-state index contributed by atoms with van der Waals surface area (Å²) in [5.41, 5.74) is 2.89. The van der Waals surface area contributed by atoms with Crippen molar-refractivity contribution in [2.45, 2.75) is 32.6 Å². The van der Waals surface area contributed by atoms with Crippen LogP contribution in [0.25, 0.3) is 5.65 Å². The highest BCUT2D eigenvalue weighted by Gasteiger charge is 2.26. The predicted octanol–water partition coefficient (Wildman–Crippen LogP) is 2.52. The Kier molecular flexibility index (Phi) is 3.44. The van der Waals surface area contributed by atoms with Crippen LogP contribution in [0.4, 0.5) is 5.82 Å². The quantitative estimate of drug-likeness (QED) is 0.728. The average molecular weight is 308 g/mol. The lowest BCUT2D eigenvalue weighted by Gasteiger charge is -2.32. The van der Waals surface area contributed by atoms with Gasteiger partial charge < -0.3 is 4.90 Å². The van der Waals surface area contributed by atoms with Gasteiger partial charge in [0.25, 0.3) is 0 Å². The van der Waals surface area contributed by atoms with Gasteiger partial charge in [0.15, 0.2) is 5.65 Å². The van der Waals surface area contributed by atoms with Crippen LogP contribution in [0.3, 0.4) is 0 Å². The van der Waals surface area contributed by atoms with E-state index in [1.54, 1.807) is 0 Å². The molecular formula is C17H20N6. The number of fused-ring (bicyclic) bond motifs is 1. The van der Waals surface area contributed by atoms with Gasteiger partial charge in [0.1, 0.15) is 11.6 Å². The molecular weight excluding hydrogens is 288 g/mol. The molecule has 1 aliphatic heterocycles. The fraction of sp³-hybridized carbons (Fsp3) is 0.412. The Morgan fingerprint density at radius 1 is 1.09 bits per heavy atom. The molecule has 6 heteroatoms. The molecule has 0 radical (unpaired) electrons. The second kappa shape index (κ2) is 5.61. The molecule has 4 rings (SSSR count). The van der Waals surface area contributed by atoms with Crippen molar-refractivity contribution < 1.29 is 0 Å². The maximum absolute atomic E-state index is 4.66. The highest BCUT2D eigenvalue weighted by atomic mass is 15.3. The Bertz CT molecular complexity index is 832. The van der Waals surface area contributed by atoms with Gasteiger partial charge in [0, 0.05) is 31.4 Å². The van der Waals surface area contributed by atoms with E-state index in [0.29, 0.717) is 5.92 Å². The van der Waals surface area contributed by atoms with Crippen LogP contribution in [0.15, 0.2) is 30.6 Å². The third kappa shape index (κ3) is 2.54. The van der Waals surface area contributed by atoms with Crippen molar-refractivity contribution in [3.63, 3.8) is 0 Å². The van der Waals surface area contributed by atoms with Crippen molar-refractivity contribution in [3.8, 4) is 0 Å². The molecule has 0 N–H and O–H groups in total. The summed E-state index contributed by atoms with van der Waals surface area (Å²) in [6, 6.07) is 6.02. The predicted molar refractivity (Wildman–Crippen MR) is 88.7 cm³/mol. The Morgan fingerprint density at radius 3 is 2.74 bits per heavy atom. The van der Waals surface area contributed by atoms with Gasteiger partial charge in [-0.05, 0) is 38.8 Å². The second-order valence-electron chi connectivity index (χ2n) is 6.17. The van der Waals surface area contributed by atoms with E-state index in [0.717, 1.165) is 54.6 Å². The zero-order valence-electron chi connectivity index (χ0n) is 13.5. The van der Waals surface area contributed by atoms with Gasteiger partial charge in [-0.1, -0.05) is 6.07 Å². The first kappa shape index (κ1) is 14.1. The second-order valence-corrected chi connectivity index (χ2v) is 6.17. The van der Waals surface area contributed by atoms with Gasteiger partial charge in [0.2, 0.25) is 0 Å². The molecule has 0 bridgehead atoms. The van der Waals surface area contributed by atoms with E-state index in [1.165, 1.54) is 0 Å². The van der Waals surface area contributed by atoms with Crippen LogP contribution < -0.4 is 4.90 Å². The lowest BCUT2D eigenvalue weighted by molar-refractivity contribution is 0.479. The molecule has 1 aliphatic rings. The molecule has 0 amide bonds. The van der Waals surface area contributed by atoms with E-state index in [-0.39, 0.29) is 0 Å². The third-order valence-corrected chi connectivity index (χ3v) is 4.55. The summed E-state index contributed by atoms with van der Waals surface area (Å²) >= 11 is 0. The van der Waals surface area contributed by atoms with E-state index >= 15 is 0 Å². The minimum atomic E-state index is 0.446. The summed E-state index contributed by atoms with van der Waals surface area (Å²) in [4.78, 5) is 11.4. The first-order chi connectivity index (χ1) is 11.2. The van der Waals surface area contributed by atoms with Crippen molar-refractivity contribution in [2.75, 3.05) is 18.0 Å². The number of aryl methyl sites for hydroxylation is 2. The minimum absolute atomic E-state index is 0.446. The molecule has 3 aromatic rings. The molecule has 0 aromatic carbocycles. The molecule has 0 spiro atoms. The Balaban J connectivity index is 1.54. The number of aromatic nitrogens is 5. The maximum atomic E-state index is 4.66. The van der Waals surface area contributed by atoms with E-state index < -0.39 is 0 Å². The van der Waals surface area contributed by atoms with E-state index in [1.807, 2.05) is 44.4 Å². The molecule has 118 valence electrons. The first-order valence-corrected chi connectivity index (χ1v) is 8.07. The van der Waals surface area contributed by atoms with E-state index in [9.17, 15) is 0 Å². The summed E-state index contributed by atoms with van der Waals surface area (Å²) in [6.45, 7) is 5.97. The van der Waals surface area contributed by atoms with Crippen LogP contribution in [0.5, 0.6) is 0 Å². The number of piperidine rings is 1. The van der Waals surface area contributed by atoms with E-state index in [4.69, 9.17) is 0 Å². The summed E-state index contributed by atoms with van der Waals surface area (Å²) in [5, 5.41) is 8.69. The molecule has 0 atom stereocenters. The van der Waals surface area contributed by atoms with Gasteiger partial charge in [0.05, 0.1) is 11.4 Å². The van der Waals surface area contributed by atoms with Crippen LogP contribution in [-0.2, 0) is 0 Å². The summed E-state index contributed by atoms with van der Waals surface area (Å²) in [5.74, 6) is 2.54. The maximum Gasteiger partial charge on any atom is 0.160 e. The molecule has 0 unspecified atom stereocenters. The van der Waals surface area contributed by atoms with Crippen molar-refractivity contribution in [2.24, 2.45) is 0 Å². The Labute approximate surface area is 135 Å². The number of nitrogens with zero attached hydrogens (tertiary/aromatic N) is 6. The standard InChI is InChI=1S/C17H20N6/c1-12-11-18-13(2)16(19-12)22-9-6-14(7-10-22)17-21-20-15-5-3-4-8-23(15)17/h3-5,8,11,14H,6-7,9-10H2,1-2H3. The van der Waals surface area contributed by atoms with Crippen molar-refractivity contribution in [1.82, 2.24) is 24.6 Å². The lowest BCUT2D eigenvalue weighted by atomic mass is 9.96. The monoisotopic (exact) mass is 308 g/mol. The molecule has 0 saturated carbocycles. The number of rotatable bonds is 2. The molecule has 23 heavy (non-hydrogen) atoms. The van der Waals surface area contributed by atoms with Gasteiger partial charge >= 0.3 is 0 Å². The Hall–Kier alpha value is -2.50. The highest BCUT2D eigenvalue weighted by Crippen LogP contribution is 2.29. The highest BCUT2D eigenvalue weighted by molar-refractivity contribution is 5.44. The van der Waals surface area contributed by atoms with Gasteiger partial charge in [-0.3, -0.25) is 9.38 Å². The minimum Gasteiger partial charge on any atom is -0.355 e. The van der Waals surface area contributed by atoms with Gasteiger partial charge in [-0.25, -0.2) is 4.98 Å². The molecule has 0 aliphatic carbocycles. The zero-order chi connectivity index (χ0) is 15.8. The molecule has 3 aromatic heterocycles. The molecule has 6 nitrogen and oxygen atoms in total. The van der Waals surface area contributed by atoms with Crippen molar-refractivity contribution >= 4 is 11.5 Å². The SMILES string of the molecule is Cc1cnc(C)c(N2CCC(c3nnc4ccccn34)CC2)n1. The van der Waals surface area contributed by atoms with Crippen molar-refractivity contribution in [1.29, 1.82) is 0 Å². The van der Waals surface area contributed by atoms with Crippen LogP contribution >= 0.6 is 0 Å². The van der Waals surface area contributed by atoms with Crippen LogP contribution in [0.2, 0.25) is 0 Å². The number of pyridine rings is 1. The van der Waals surface area contributed by atoms with Gasteiger partial charge in [-0.2, -0.15) is 0 Å². The molecule has 4 heterocycles.